The van der Waals surface area contributed by atoms with Crippen LogP contribution >= 0.6 is 22.6 Å². The summed E-state index contributed by atoms with van der Waals surface area (Å²) in [6.45, 7) is 2.63. The number of amides is 1. The zero-order chi connectivity index (χ0) is 23.8. The van der Waals surface area contributed by atoms with Crippen LogP contribution < -0.4 is 16.0 Å². The highest BCUT2D eigenvalue weighted by Gasteiger charge is 2.24. The molecule has 1 heterocycles. The molecule has 0 radical (unpaired) electrons. The molecule has 0 spiro atoms. The molecule has 0 bridgehead atoms. The lowest BCUT2D eigenvalue weighted by Gasteiger charge is -2.24. The summed E-state index contributed by atoms with van der Waals surface area (Å²) in [7, 11) is 0. The van der Waals surface area contributed by atoms with Crippen LogP contribution in [0.25, 0.3) is 0 Å². The number of hydrogen-bond donors (Lipinski definition) is 4. The topological polar surface area (TPSA) is 76.6 Å². The average Bonchev–Trinajstić information content (AvgIpc) is 3.31. The molecule has 1 atom stereocenters. The van der Waals surface area contributed by atoms with Gasteiger partial charge in [0.15, 0.2) is 11.6 Å². The van der Waals surface area contributed by atoms with Gasteiger partial charge in [-0.3, -0.25) is 4.79 Å². The van der Waals surface area contributed by atoms with Crippen molar-refractivity contribution in [3.63, 3.8) is 0 Å². The molecule has 1 amide bonds. The van der Waals surface area contributed by atoms with E-state index in [1.54, 1.807) is 6.07 Å². The normalized spacial score (nSPS) is 15.6. The summed E-state index contributed by atoms with van der Waals surface area (Å²) in [5.74, 6) is -3.65. The molecule has 1 fully saturated rings. The number of carbonyl (C=O) groups excluding carboxylic acids is 1. The molecule has 180 valence electrons. The minimum Gasteiger partial charge on any atom is -0.395 e. The molecule has 6 nitrogen and oxygen atoms in total. The van der Waals surface area contributed by atoms with E-state index in [0.717, 1.165) is 25.6 Å². The molecular formula is C23H28F3IN4O2. The number of aliphatic hydroxyl groups excluding tert-OH is 1. The first-order chi connectivity index (χ1) is 15.9. The number of carbonyl (C=O) groups is 1. The summed E-state index contributed by atoms with van der Waals surface area (Å²) >= 11 is 1.93. The Hall–Kier alpha value is -1.89. The highest BCUT2D eigenvalue weighted by molar-refractivity contribution is 14.1. The minimum absolute atomic E-state index is 0.0410. The van der Waals surface area contributed by atoms with Gasteiger partial charge in [-0.1, -0.05) is 0 Å². The van der Waals surface area contributed by atoms with Gasteiger partial charge in [-0.15, -0.1) is 0 Å². The fourth-order valence-electron chi connectivity index (χ4n) is 3.78. The number of aliphatic hydroxyl groups is 1. The van der Waals surface area contributed by atoms with Crippen LogP contribution in [0.15, 0.2) is 30.3 Å². The highest BCUT2D eigenvalue weighted by atomic mass is 127. The van der Waals surface area contributed by atoms with Crippen molar-refractivity contribution in [3.05, 3.63) is 56.9 Å². The molecule has 0 aromatic heterocycles. The standard InChI is InChI=1S/C23H28F3IN4O2/c24-18-6-5-17(22(21(18)26)30-20-7-4-15(27)13-19(20)25)23(33)31(11-12-32)10-2-8-28-14-16-3-1-9-29-16/h4-7,13,16,28-30,32H,1-3,8-12,14H2. The van der Waals surface area contributed by atoms with Crippen LogP contribution in [-0.4, -0.2) is 61.3 Å². The van der Waals surface area contributed by atoms with Gasteiger partial charge in [0.25, 0.3) is 5.91 Å². The van der Waals surface area contributed by atoms with Crippen molar-refractivity contribution in [3.8, 4) is 0 Å². The Labute approximate surface area is 205 Å². The van der Waals surface area contributed by atoms with E-state index in [9.17, 15) is 23.1 Å². The molecule has 2 aromatic carbocycles. The predicted octanol–water partition coefficient (Wildman–Crippen LogP) is 3.62. The molecule has 10 heteroatoms. The fourth-order valence-corrected chi connectivity index (χ4v) is 4.24. The first-order valence-corrected chi connectivity index (χ1v) is 12.0. The van der Waals surface area contributed by atoms with Crippen molar-refractivity contribution in [2.75, 3.05) is 44.6 Å². The fraction of sp³-hybridized carbons (Fsp3) is 0.435. The predicted molar refractivity (Wildman–Crippen MR) is 130 cm³/mol. The number of nitrogens with zero attached hydrogens (tertiary/aromatic N) is 1. The van der Waals surface area contributed by atoms with Gasteiger partial charge in [0.05, 0.1) is 23.5 Å². The molecule has 4 N–H and O–H groups in total. The monoisotopic (exact) mass is 576 g/mol. The maximum Gasteiger partial charge on any atom is 0.256 e. The zero-order valence-corrected chi connectivity index (χ0v) is 20.3. The number of rotatable bonds is 11. The van der Waals surface area contributed by atoms with Crippen molar-refractivity contribution >= 4 is 39.9 Å². The largest absolute Gasteiger partial charge is 0.395 e. The smallest absolute Gasteiger partial charge is 0.256 e. The second kappa shape index (κ2) is 12.5. The molecule has 2 aromatic rings. The van der Waals surface area contributed by atoms with Crippen LogP contribution in [0.1, 0.15) is 29.6 Å². The molecule has 33 heavy (non-hydrogen) atoms. The SMILES string of the molecule is O=C(c1ccc(F)c(F)c1Nc1ccc(I)cc1F)N(CCO)CCCNCC1CCCN1. The van der Waals surface area contributed by atoms with Gasteiger partial charge in [0, 0.05) is 29.2 Å². The van der Waals surface area contributed by atoms with E-state index in [1.165, 1.54) is 29.5 Å². The maximum atomic E-state index is 14.7. The quantitative estimate of drug-likeness (QED) is 0.243. The number of benzene rings is 2. The van der Waals surface area contributed by atoms with E-state index in [0.29, 0.717) is 29.1 Å². The van der Waals surface area contributed by atoms with E-state index in [4.69, 9.17) is 0 Å². The summed E-state index contributed by atoms with van der Waals surface area (Å²) in [6, 6.07) is 6.74. The van der Waals surface area contributed by atoms with Gasteiger partial charge in [-0.05, 0) is 85.3 Å². The van der Waals surface area contributed by atoms with E-state index in [2.05, 4.69) is 16.0 Å². The van der Waals surface area contributed by atoms with Gasteiger partial charge >= 0.3 is 0 Å². The van der Waals surface area contributed by atoms with Crippen molar-refractivity contribution < 1.29 is 23.1 Å². The number of halogens is 4. The van der Waals surface area contributed by atoms with Crippen LogP contribution in [0, 0.1) is 21.0 Å². The van der Waals surface area contributed by atoms with Crippen LogP contribution in [-0.2, 0) is 0 Å². The van der Waals surface area contributed by atoms with Gasteiger partial charge < -0.3 is 26.0 Å². The molecule has 1 aliphatic heterocycles. The van der Waals surface area contributed by atoms with Gasteiger partial charge in [0.1, 0.15) is 5.82 Å². The first-order valence-electron chi connectivity index (χ1n) is 10.9. The van der Waals surface area contributed by atoms with Crippen LogP contribution in [0.2, 0.25) is 0 Å². The molecule has 0 saturated carbocycles. The lowest BCUT2D eigenvalue weighted by atomic mass is 10.1. The van der Waals surface area contributed by atoms with Crippen molar-refractivity contribution in [2.45, 2.75) is 25.3 Å². The van der Waals surface area contributed by atoms with Crippen molar-refractivity contribution in [1.82, 2.24) is 15.5 Å². The third-order valence-electron chi connectivity index (χ3n) is 5.51. The van der Waals surface area contributed by atoms with E-state index in [-0.39, 0.29) is 24.4 Å². The minimum atomic E-state index is -1.27. The average molecular weight is 576 g/mol. The maximum absolute atomic E-state index is 14.7. The Morgan fingerprint density at radius 2 is 2.00 bits per heavy atom. The van der Waals surface area contributed by atoms with Crippen molar-refractivity contribution in [2.24, 2.45) is 0 Å². The summed E-state index contributed by atoms with van der Waals surface area (Å²) in [5, 5.41) is 18.7. The Balaban J connectivity index is 1.71. The third kappa shape index (κ3) is 7.05. The van der Waals surface area contributed by atoms with Gasteiger partial charge in [-0.25, -0.2) is 13.2 Å². The lowest BCUT2D eigenvalue weighted by Crippen LogP contribution is -2.38. The zero-order valence-electron chi connectivity index (χ0n) is 18.1. The molecule has 1 unspecified atom stereocenters. The lowest BCUT2D eigenvalue weighted by molar-refractivity contribution is 0.0720. The number of anilines is 2. The highest BCUT2D eigenvalue weighted by Crippen LogP contribution is 2.29. The van der Waals surface area contributed by atoms with Crippen molar-refractivity contribution in [1.29, 1.82) is 0 Å². The Morgan fingerprint density at radius 3 is 2.70 bits per heavy atom. The first kappa shape index (κ1) is 25.7. The van der Waals surface area contributed by atoms with Crippen LogP contribution in [0.5, 0.6) is 0 Å². The van der Waals surface area contributed by atoms with Crippen LogP contribution in [0.3, 0.4) is 0 Å². The van der Waals surface area contributed by atoms with Gasteiger partial charge in [-0.2, -0.15) is 0 Å². The molecule has 1 saturated heterocycles. The molecule has 3 rings (SSSR count). The number of nitrogens with one attached hydrogen (secondary N) is 3. The summed E-state index contributed by atoms with van der Waals surface area (Å²) in [6.07, 6.45) is 2.92. The van der Waals surface area contributed by atoms with E-state index >= 15 is 0 Å². The Morgan fingerprint density at radius 1 is 1.18 bits per heavy atom. The second-order valence-corrected chi connectivity index (χ2v) is 9.15. The Kier molecular flexibility index (Phi) is 9.78. The summed E-state index contributed by atoms with van der Waals surface area (Å²) in [4.78, 5) is 14.6. The molecular weight excluding hydrogens is 548 g/mol. The Bertz CT molecular complexity index is 958. The van der Waals surface area contributed by atoms with Crippen LogP contribution in [0.4, 0.5) is 24.5 Å². The third-order valence-corrected chi connectivity index (χ3v) is 6.18. The second-order valence-electron chi connectivity index (χ2n) is 7.90. The molecule has 0 aliphatic carbocycles. The number of hydrogen-bond acceptors (Lipinski definition) is 5. The molecule has 1 aliphatic rings. The van der Waals surface area contributed by atoms with E-state index < -0.39 is 29.0 Å². The van der Waals surface area contributed by atoms with Gasteiger partial charge in [0.2, 0.25) is 0 Å². The summed E-state index contributed by atoms with van der Waals surface area (Å²) in [5.41, 5.74) is -0.649. The van der Waals surface area contributed by atoms with E-state index in [1.807, 2.05) is 22.6 Å². The summed E-state index contributed by atoms with van der Waals surface area (Å²) < 4.78 is 43.6.